The number of anilines is 2. The molecule has 0 bridgehead atoms. The summed E-state index contributed by atoms with van der Waals surface area (Å²) in [5.41, 5.74) is 2.86. The third-order valence-corrected chi connectivity index (χ3v) is 5.94. The molecule has 0 spiro atoms. The minimum atomic E-state index is -0.177. The van der Waals surface area contributed by atoms with Crippen molar-refractivity contribution in [3.63, 3.8) is 0 Å². The molecule has 3 rings (SSSR count). The maximum atomic E-state index is 12.3. The van der Waals surface area contributed by atoms with E-state index in [2.05, 4.69) is 15.6 Å². The van der Waals surface area contributed by atoms with Crippen molar-refractivity contribution >= 4 is 51.1 Å². The van der Waals surface area contributed by atoms with Crippen LogP contribution in [0.5, 0.6) is 0 Å². The molecule has 1 aliphatic heterocycles. The summed E-state index contributed by atoms with van der Waals surface area (Å²) in [5.74, 6) is 1.05. The normalized spacial score (nSPS) is 13.2. The summed E-state index contributed by atoms with van der Waals surface area (Å²) in [6.07, 6.45) is 0. The summed E-state index contributed by atoms with van der Waals surface area (Å²) < 4.78 is 0.972. The molecule has 2 aromatic carbocycles. The lowest BCUT2D eigenvalue weighted by molar-refractivity contribution is -0.113. The zero-order valence-corrected chi connectivity index (χ0v) is 16.0. The van der Waals surface area contributed by atoms with E-state index in [-0.39, 0.29) is 11.8 Å². The van der Waals surface area contributed by atoms with Crippen LogP contribution in [0.4, 0.5) is 11.4 Å². The lowest BCUT2D eigenvalue weighted by Crippen LogP contribution is -2.16. The number of hydrogen-bond donors (Lipinski definition) is 2. The summed E-state index contributed by atoms with van der Waals surface area (Å²) in [6, 6.07) is 14.5. The summed E-state index contributed by atoms with van der Waals surface area (Å²) in [6.45, 7) is 2.74. The minimum Gasteiger partial charge on any atom is -0.325 e. The molecular weight excluding hydrogens is 366 g/mol. The molecule has 0 aliphatic carbocycles. The molecule has 1 heterocycles. The van der Waals surface area contributed by atoms with Crippen molar-refractivity contribution in [1.82, 2.24) is 0 Å². The van der Waals surface area contributed by atoms with Gasteiger partial charge in [-0.2, -0.15) is 0 Å². The van der Waals surface area contributed by atoms with Crippen LogP contribution in [0.3, 0.4) is 0 Å². The molecular formula is C19H19N3O2S2. The highest BCUT2D eigenvalue weighted by molar-refractivity contribution is 8.39. The summed E-state index contributed by atoms with van der Waals surface area (Å²) in [7, 11) is 0. The van der Waals surface area contributed by atoms with Gasteiger partial charge in [-0.1, -0.05) is 47.8 Å². The second-order valence-corrected chi connectivity index (χ2v) is 7.99. The first-order valence-corrected chi connectivity index (χ1v) is 10.2. The van der Waals surface area contributed by atoms with Crippen molar-refractivity contribution in [1.29, 1.82) is 0 Å². The Morgan fingerprint density at radius 2 is 1.96 bits per heavy atom. The Balaban J connectivity index is 1.61. The molecule has 0 radical (unpaired) electrons. The van der Waals surface area contributed by atoms with Gasteiger partial charge in [-0.15, -0.1) is 0 Å². The second-order valence-electron chi connectivity index (χ2n) is 5.68. The molecule has 26 heavy (non-hydrogen) atoms. The van der Waals surface area contributed by atoms with E-state index >= 15 is 0 Å². The van der Waals surface area contributed by atoms with E-state index in [1.165, 1.54) is 11.8 Å². The average molecular weight is 386 g/mol. The predicted molar refractivity (Wildman–Crippen MR) is 111 cm³/mol. The SMILES string of the molecule is Cc1ccc(NC(=O)CSC2=NCCS2)cc1NC(=O)c1ccccc1. The van der Waals surface area contributed by atoms with Crippen LogP contribution in [0.15, 0.2) is 53.5 Å². The van der Waals surface area contributed by atoms with Crippen LogP contribution in [-0.2, 0) is 4.79 Å². The Morgan fingerprint density at radius 3 is 2.69 bits per heavy atom. The maximum Gasteiger partial charge on any atom is 0.255 e. The highest BCUT2D eigenvalue weighted by Gasteiger charge is 2.12. The van der Waals surface area contributed by atoms with Gasteiger partial charge in [0.2, 0.25) is 5.91 Å². The smallest absolute Gasteiger partial charge is 0.255 e. The third-order valence-electron chi connectivity index (χ3n) is 3.69. The van der Waals surface area contributed by atoms with Crippen molar-refractivity contribution in [3.8, 4) is 0 Å². The van der Waals surface area contributed by atoms with Crippen molar-refractivity contribution in [2.45, 2.75) is 6.92 Å². The zero-order chi connectivity index (χ0) is 18.4. The molecule has 0 fully saturated rings. The average Bonchev–Trinajstić information content (AvgIpc) is 3.17. The molecule has 134 valence electrons. The first-order chi connectivity index (χ1) is 12.6. The molecule has 2 aromatic rings. The van der Waals surface area contributed by atoms with E-state index in [0.717, 1.165) is 22.2 Å². The van der Waals surface area contributed by atoms with Crippen LogP contribution in [-0.4, -0.2) is 34.2 Å². The maximum absolute atomic E-state index is 12.3. The van der Waals surface area contributed by atoms with Gasteiger partial charge < -0.3 is 10.6 Å². The number of carbonyl (C=O) groups excluding carboxylic acids is 2. The van der Waals surface area contributed by atoms with E-state index in [0.29, 0.717) is 22.7 Å². The van der Waals surface area contributed by atoms with Crippen LogP contribution in [0, 0.1) is 6.92 Å². The number of nitrogens with zero attached hydrogens (tertiary/aromatic N) is 1. The van der Waals surface area contributed by atoms with Crippen LogP contribution in [0.1, 0.15) is 15.9 Å². The molecule has 0 saturated heterocycles. The van der Waals surface area contributed by atoms with Gasteiger partial charge in [-0.05, 0) is 36.8 Å². The van der Waals surface area contributed by atoms with Crippen LogP contribution in [0.2, 0.25) is 0 Å². The van der Waals surface area contributed by atoms with Crippen LogP contribution >= 0.6 is 23.5 Å². The Bertz CT molecular complexity index is 838. The number of amides is 2. The van der Waals surface area contributed by atoms with Gasteiger partial charge >= 0.3 is 0 Å². The lowest BCUT2D eigenvalue weighted by atomic mass is 10.1. The van der Waals surface area contributed by atoms with E-state index in [1.807, 2.05) is 37.3 Å². The number of carbonyl (C=O) groups is 2. The van der Waals surface area contributed by atoms with Gasteiger partial charge in [0, 0.05) is 22.7 Å². The highest BCUT2D eigenvalue weighted by Crippen LogP contribution is 2.24. The summed E-state index contributed by atoms with van der Waals surface area (Å²) in [4.78, 5) is 28.8. The van der Waals surface area contributed by atoms with Gasteiger partial charge in [0.15, 0.2) is 0 Å². The van der Waals surface area contributed by atoms with Crippen LogP contribution < -0.4 is 10.6 Å². The Morgan fingerprint density at radius 1 is 1.15 bits per heavy atom. The molecule has 0 atom stereocenters. The first-order valence-electron chi connectivity index (χ1n) is 8.19. The molecule has 2 amide bonds. The Hall–Kier alpha value is -2.25. The monoisotopic (exact) mass is 385 g/mol. The van der Waals surface area contributed by atoms with E-state index < -0.39 is 0 Å². The van der Waals surface area contributed by atoms with Gasteiger partial charge in [0.1, 0.15) is 4.38 Å². The largest absolute Gasteiger partial charge is 0.325 e. The van der Waals surface area contributed by atoms with Gasteiger partial charge in [-0.3, -0.25) is 14.6 Å². The molecule has 7 heteroatoms. The van der Waals surface area contributed by atoms with Crippen molar-refractivity contribution in [2.24, 2.45) is 4.99 Å². The first kappa shape index (κ1) is 18.5. The fourth-order valence-electron chi connectivity index (χ4n) is 2.35. The number of aryl methyl sites for hydroxylation is 1. The number of rotatable bonds is 5. The molecule has 0 aromatic heterocycles. The highest BCUT2D eigenvalue weighted by atomic mass is 32.2. The second kappa shape index (κ2) is 8.91. The lowest BCUT2D eigenvalue weighted by Gasteiger charge is -2.11. The van der Waals surface area contributed by atoms with E-state index in [4.69, 9.17) is 0 Å². The van der Waals surface area contributed by atoms with Gasteiger partial charge in [0.05, 0.1) is 12.3 Å². The quantitative estimate of drug-likeness (QED) is 0.815. The van der Waals surface area contributed by atoms with E-state index in [9.17, 15) is 9.59 Å². The number of nitrogens with one attached hydrogen (secondary N) is 2. The molecule has 0 saturated carbocycles. The zero-order valence-electron chi connectivity index (χ0n) is 14.3. The minimum absolute atomic E-state index is 0.0885. The van der Waals surface area contributed by atoms with Crippen molar-refractivity contribution in [2.75, 3.05) is 28.7 Å². The molecule has 5 nitrogen and oxygen atoms in total. The van der Waals surface area contributed by atoms with Gasteiger partial charge in [0.25, 0.3) is 5.91 Å². The predicted octanol–water partition coefficient (Wildman–Crippen LogP) is 4.02. The molecule has 2 N–H and O–H groups in total. The fourth-order valence-corrected chi connectivity index (χ4v) is 4.15. The topological polar surface area (TPSA) is 70.6 Å². The standard InChI is InChI=1S/C19H19N3O2S2/c1-13-7-8-15(21-17(23)12-26-19-20-9-10-25-19)11-16(13)22-18(24)14-5-3-2-4-6-14/h2-8,11H,9-10,12H2,1H3,(H,21,23)(H,22,24). The number of thioether (sulfide) groups is 2. The molecule has 1 aliphatic rings. The Labute approximate surface area is 161 Å². The third kappa shape index (κ3) is 5.12. The van der Waals surface area contributed by atoms with Crippen molar-refractivity contribution in [3.05, 3.63) is 59.7 Å². The molecule has 0 unspecified atom stereocenters. The van der Waals surface area contributed by atoms with Gasteiger partial charge in [-0.25, -0.2) is 0 Å². The van der Waals surface area contributed by atoms with Crippen molar-refractivity contribution < 1.29 is 9.59 Å². The summed E-state index contributed by atoms with van der Waals surface area (Å²) in [5, 5.41) is 5.77. The number of aliphatic imine (C=N–C) groups is 1. The fraction of sp³-hybridized carbons (Fsp3) is 0.211. The number of hydrogen-bond acceptors (Lipinski definition) is 5. The van der Waals surface area contributed by atoms with E-state index in [1.54, 1.807) is 30.0 Å². The number of benzene rings is 2. The Kier molecular flexibility index (Phi) is 6.35. The van der Waals surface area contributed by atoms with Crippen LogP contribution in [0.25, 0.3) is 0 Å². The summed E-state index contributed by atoms with van der Waals surface area (Å²) >= 11 is 3.14.